The quantitative estimate of drug-likeness (QED) is 0.870. The van der Waals surface area contributed by atoms with Gasteiger partial charge in [-0.15, -0.1) is 0 Å². The van der Waals surface area contributed by atoms with Crippen molar-refractivity contribution in [3.8, 4) is 0 Å². The second-order valence-corrected chi connectivity index (χ2v) is 4.51. The van der Waals surface area contributed by atoms with Gasteiger partial charge in [-0.25, -0.2) is 0 Å². The van der Waals surface area contributed by atoms with Crippen molar-refractivity contribution in [3.05, 3.63) is 29.8 Å². The summed E-state index contributed by atoms with van der Waals surface area (Å²) in [7, 11) is 1.79. The molecule has 0 fully saturated rings. The predicted molar refractivity (Wildman–Crippen MR) is 72.1 cm³/mol. The summed E-state index contributed by atoms with van der Waals surface area (Å²) >= 11 is 0. The van der Waals surface area contributed by atoms with E-state index in [-0.39, 0.29) is 5.91 Å². The third kappa shape index (κ3) is 2.67. The molecule has 3 nitrogen and oxygen atoms in total. The number of benzene rings is 1. The molecule has 1 rings (SSSR count). The molecular formula is C14H22N2O. The number of amides is 1. The summed E-state index contributed by atoms with van der Waals surface area (Å²) in [6.45, 7) is 5.90. The number of carbonyl (C=O) groups excluding carboxylic acids is 1. The maximum absolute atomic E-state index is 12.4. The average Bonchev–Trinajstić information content (AvgIpc) is 2.36. The van der Waals surface area contributed by atoms with E-state index in [1.165, 1.54) is 0 Å². The Hall–Kier alpha value is -1.35. The zero-order chi connectivity index (χ0) is 13.1. The lowest BCUT2D eigenvalue weighted by Crippen LogP contribution is -2.53. The van der Waals surface area contributed by atoms with E-state index in [1.807, 2.05) is 45.0 Å². The molecule has 3 heteroatoms. The summed E-state index contributed by atoms with van der Waals surface area (Å²) in [5.41, 5.74) is 7.39. The van der Waals surface area contributed by atoms with Crippen LogP contribution in [0.15, 0.2) is 24.3 Å². The first-order chi connectivity index (χ1) is 7.96. The fourth-order valence-electron chi connectivity index (χ4n) is 1.94. The Morgan fingerprint density at radius 3 is 2.29 bits per heavy atom. The van der Waals surface area contributed by atoms with Gasteiger partial charge >= 0.3 is 0 Å². The lowest BCUT2D eigenvalue weighted by atomic mass is 9.92. The number of hydrogen-bond donors (Lipinski definition) is 1. The molecule has 17 heavy (non-hydrogen) atoms. The summed E-state index contributed by atoms with van der Waals surface area (Å²) in [5, 5.41) is 0. The van der Waals surface area contributed by atoms with E-state index < -0.39 is 5.54 Å². The third-order valence-electron chi connectivity index (χ3n) is 3.47. The molecule has 0 aliphatic rings. The fourth-order valence-corrected chi connectivity index (χ4v) is 1.94. The van der Waals surface area contributed by atoms with Crippen LogP contribution < -0.4 is 10.6 Å². The Morgan fingerprint density at radius 1 is 1.29 bits per heavy atom. The van der Waals surface area contributed by atoms with Crippen molar-refractivity contribution in [1.82, 2.24) is 0 Å². The maximum Gasteiger partial charge on any atom is 0.246 e. The molecule has 1 aromatic rings. The molecule has 0 bridgehead atoms. The second kappa shape index (κ2) is 5.32. The van der Waals surface area contributed by atoms with Crippen LogP contribution in [0.1, 0.15) is 32.3 Å². The number of nitrogens with two attached hydrogens (primary N) is 1. The second-order valence-electron chi connectivity index (χ2n) is 4.51. The first-order valence-electron chi connectivity index (χ1n) is 6.09. The van der Waals surface area contributed by atoms with E-state index in [4.69, 9.17) is 5.73 Å². The van der Waals surface area contributed by atoms with Crippen molar-refractivity contribution in [2.45, 2.75) is 39.2 Å². The van der Waals surface area contributed by atoms with Gasteiger partial charge in [0.05, 0.1) is 5.54 Å². The van der Waals surface area contributed by atoms with Crippen LogP contribution in [0.25, 0.3) is 0 Å². The number of carbonyl (C=O) groups is 1. The lowest BCUT2D eigenvalue weighted by Gasteiger charge is -2.31. The van der Waals surface area contributed by atoms with Crippen LogP contribution in [0.5, 0.6) is 0 Å². The van der Waals surface area contributed by atoms with Crippen molar-refractivity contribution in [1.29, 1.82) is 0 Å². The minimum absolute atomic E-state index is 0.0169. The van der Waals surface area contributed by atoms with E-state index in [2.05, 4.69) is 0 Å². The third-order valence-corrected chi connectivity index (χ3v) is 3.47. The molecule has 0 saturated heterocycles. The number of anilines is 1. The van der Waals surface area contributed by atoms with E-state index in [0.29, 0.717) is 12.8 Å². The largest absolute Gasteiger partial charge is 0.317 e. The topological polar surface area (TPSA) is 46.3 Å². The van der Waals surface area contributed by atoms with Gasteiger partial charge in [0.15, 0.2) is 0 Å². The normalized spacial score (nSPS) is 11.4. The monoisotopic (exact) mass is 234 g/mol. The molecule has 0 radical (unpaired) electrons. The van der Waals surface area contributed by atoms with Crippen LogP contribution in [0.4, 0.5) is 5.69 Å². The number of hydrogen-bond acceptors (Lipinski definition) is 2. The van der Waals surface area contributed by atoms with Crippen molar-refractivity contribution in [2.75, 3.05) is 11.9 Å². The van der Waals surface area contributed by atoms with E-state index in [1.54, 1.807) is 11.9 Å². The van der Waals surface area contributed by atoms with Gasteiger partial charge in [0.25, 0.3) is 0 Å². The van der Waals surface area contributed by atoms with Crippen molar-refractivity contribution in [3.63, 3.8) is 0 Å². The van der Waals surface area contributed by atoms with Crippen molar-refractivity contribution in [2.24, 2.45) is 5.73 Å². The van der Waals surface area contributed by atoms with E-state index in [0.717, 1.165) is 11.3 Å². The van der Waals surface area contributed by atoms with Gasteiger partial charge in [0, 0.05) is 12.7 Å². The van der Waals surface area contributed by atoms with Crippen molar-refractivity contribution < 1.29 is 4.79 Å². The van der Waals surface area contributed by atoms with Crippen molar-refractivity contribution >= 4 is 11.6 Å². The molecule has 1 amide bonds. The van der Waals surface area contributed by atoms with Crippen LogP contribution in [0, 0.1) is 6.92 Å². The Bertz CT molecular complexity index is 397. The number of rotatable bonds is 4. The van der Waals surface area contributed by atoms with Gasteiger partial charge in [0.2, 0.25) is 5.91 Å². The van der Waals surface area contributed by atoms with Crippen LogP contribution >= 0.6 is 0 Å². The number of nitrogens with zero attached hydrogens (tertiary/aromatic N) is 1. The maximum atomic E-state index is 12.4. The SMILES string of the molecule is CCC(N)(CC)C(=O)N(C)c1ccccc1C. The number of likely N-dealkylation sites (N-methyl/N-ethyl adjacent to an activating group) is 1. The molecule has 2 N–H and O–H groups in total. The molecule has 0 aliphatic carbocycles. The molecule has 0 saturated carbocycles. The summed E-state index contributed by atoms with van der Waals surface area (Å²) < 4.78 is 0. The van der Waals surface area contributed by atoms with Gasteiger partial charge in [0.1, 0.15) is 0 Å². The van der Waals surface area contributed by atoms with E-state index >= 15 is 0 Å². The molecule has 0 heterocycles. The molecule has 0 aromatic heterocycles. The summed E-state index contributed by atoms with van der Waals surface area (Å²) in [5.74, 6) is -0.0169. The number of aryl methyl sites for hydroxylation is 1. The molecule has 94 valence electrons. The minimum Gasteiger partial charge on any atom is -0.317 e. The lowest BCUT2D eigenvalue weighted by molar-refractivity contribution is -0.123. The highest BCUT2D eigenvalue weighted by Crippen LogP contribution is 2.22. The Balaban J connectivity index is 3.02. The molecule has 0 spiro atoms. The van der Waals surface area contributed by atoms with Gasteiger partial charge in [-0.1, -0.05) is 32.0 Å². The molecule has 1 aromatic carbocycles. The highest BCUT2D eigenvalue weighted by Gasteiger charge is 2.33. The van der Waals surface area contributed by atoms with Crippen LogP contribution in [-0.4, -0.2) is 18.5 Å². The van der Waals surface area contributed by atoms with Crippen LogP contribution in [0.2, 0.25) is 0 Å². The Kier molecular flexibility index (Phi) is 4.29. The van der Waals surface area contributed by atoms with Crippen LogP contribution in [-0.2, 0) is 4.79 Å². The first-order valence-corrected chi connectivity index (χ1v) is 6.09. The van der Waals surface area contributed by atoms with Gasteiger partial charge in [-0.3, -0.25) is 4.79 Å². The number of para-hydroxylation sites is 1. The van der Waals surface area contributed by atoms with Crippen LogP contribution in [0.3, 0.4) is 0 Å². The summed E-state index contributed by atoms with van der Waals surface area (Å²) in [4.78, 5) is 14.0. The molecular weight excluding hydrogens is 212 g/mol. The summed E-state index contributed by atoms with van der Waals surface area (Å²) in [6, 6.07) is 7.84. The smallest absolute Gasteiger partial charge is 0.246 e. The average molecular weight is 234 g/mol. The zero-order valence-corrected chi connectivity index (χ0v) is 11.2. The molecule has 0 aliphatic heterocycles. The fraction of sp³-hybridized carbons (Fsp3) is 0.500. The summed E-state index contributed by atoms with van der Waals surface area (Å²) in [6.07, 6.45) is 1.30. The Labute approximate surface area is 104 Å². The zero-order valence-electron chi connectivity index (χ0n) is 11.2. The minimum atomic E-state index is -0.753. The highest BCUT2D eigenvalue weighted by molar-refractivity contribution is 6.00. The van der Waals surface area contributed by atoms with Gasteiger partial charge in [-0.05, 0) is 31.4 Å². The first kappa shape index (κ1) is 13.7. The van der Waals surface area contributed by atoms with E-state index in [9.17, 15) is 4.79 Å². The predicted octanol–water partition coefficient (Wildman–Crippen LogP) is 2.48. The van der Waals surface area contributed by atoms with Gasteiger partial charge in [-0.2, -0.15) is 0 Å². The molecule has 0 unspecified atom stereocenters. The van der Waals surface area contributed by atoms with Gasteiger partial charge < -0.3 is 10.6 Å². The highest BCUT2D eigenvalue weighted by atomic mass is 16.2. The standard InChI is InChI=1S/C14H22N2O/c1-5-14(15,6-2)13(17)16(4)12-10-8-7-9-11(12)3/h7-10H,5-6,15H2,1-4H3. The Morgan fingerprint density at radius 2 is 1.82 bits per heavy atom. The molecule has 0 atom stereocenters.